The first-order valence-electron chi connectivity index (χ1n) is 4.87. The molecule has 0 N–H and O–H groups in total. The number of hydrogen-bond acceptors (Lipinski definition) is 3. The van der Waals surface area contributed by atoms with Crippen LogP contribution in [0.1, 0.15) is 19.8 Å². The summed E-state index contributed by atoms with van der Waals surface area (Å²) in [5.74, 6) is 0.629. The number of pyridine rings is 1. The topological polar surface area (TPSA) is 30.0 Å². The molecule has 1 aliphatic rings. The standard InChI is InChI=1S/C11H13NOS/c1-8-10(13)2-3-11(8)14-9-4-6-12-7-5-9/h4-8,11H,2-3H2,1H3. The summed E-state index contributed by atoms with van der Waals surface area (Å²) in [6.45, 7) is 2.04. The van der Waals surface area contributed by atoms with Crippen molar-refractivity contribution < 1.29 is 4.79 Å². The van der Waals surface area contributed by atoms with Crippen LogP contribution in [-0.2, 0) is 4.79 Å². The third-order valence-corrected chi connectivity index (χ3v) is 4.17. The average Bonchev–Trinajstić information content (AvgIpc) is 2.52. The van der Waals surface area contributed by atoms with Gasteiger partial charge in [-0.2, -0.15) is 0 Å². The molecule has 1 fully saturated rings. The second-order valence-corrected chi connectivity index (χ2v) is 4.95. The smallest absolute Gasteiger partial charge is 0.136 e. The minimum atomic E-state index is 0.216. The summed E-state index contributed by atoms with van der Waals surface area (Å²) in [6, 6.07) is 4.00. The molecule has 74 valence electrons. The van der Waals surface area contributed by atoms with E-state index in [1.54, 1.807) is 24.2 Å². The van der Waals surface area contributed by atoms with Crippen molar-refractivity contribution in [2.45, 2.75) is 29.9 Å². The molecule has 1 heterocycles. The van der Waals surface area contributed by atoms with E-state index in [4.69, 9.17) is 0 Å². The van der Waals surface area contributed by atoms with Crippen LogP contribution in [0.25, 0.3) is 0 Å². The summed E-state index contributed by atoms with van der Waals surface area (Å²) in [4.78, 5) is 16.5. The van der Waals surface area contributed by atoms with E-state index in [0.717, 1.165) is 12.8 Å². The molecule has 0 aliphatic heterocycles. The third-order valence-electron chi connectivity index (χ3n) is 2.68. The van der Waals surface area contributed by atoms with Crippen LogP contribution in [0.15, 0.2) is 29.4 Å². The number of Topliss-reactive ketones (excluding diaryl/α,β-unsaturated/α-hetero) is 1. The molecule has 0 bridgehead atoms. The van der Waals surface area contributed by atoms with Gasteiger partial charge >= 0.3 is 0 Å². The van der Waals surface area contributed by atoms with Crippen LogP contribution in [0, 0.1) is 5.92 Å². The predicted molar refractivity (Wildman–Crippen MR) is 57.3 cm³/mol. The Morgan fingerprint density at radius 3 is 2.71 bits per heavy atom. The highest BCUT2D eigenvalue weighted by atomic mass is 32.2. The maximum atomic E-state index is 11.3. The third kappa shape index (κ3) is 1.98. The van der Waals surface area contributed by atoms with E-state index in [1.807, 2.05) is 19.1 Å². The molecule has 3 heteroatoms. The molecule has 14 heavy (non-hydrogen) atoms. The van der Waals surface area contributed by atoms with Crippen LogP contribution in [0.4, 0.5) is 0 Å². The van der Waals surface area contributed by atoms with Gasteiger partial charge in [-0.15, -0.1) is 11.8 Å². The van der Waals surface area contributed by atoms with Gasteiger partial charge in [-0.25, -0.2) is 0 Å². The van der Waals surface area contributed by atoms with Crippen LogP contribution in [0.5, 0.6) is 0 Å². The lowest BCUT2D eigenvalue weighted by Crippen LogP contribution is -2.11. The van der Waals surface area contributed by atoms with Crippen LogP contribution in [0.2, 0.25) is 0 Å². The Bertz CT molecular complexity index is 325. The molecule has 0 spiro atoms. The average molecular weight is 207 g/mol. The second-order valence-electron chi connectivity index (χ2n) is 3.63. The van der Waals surface area contributed by atoms with Gasteiger partial charge in [0.2, 0.25) is 0 Å². The molecule has 2 rings (SSSR count). The van der Waals surface area contributed by atoms with E-state index in [2.05, 4.69) is 4.98 Å². The second kappa shape index (κ2) is 4.13. The van der Waals surface area contributed by atoms with Crippen molar-refractivity contribution in [1.82, 2.24) is 4.98 Å². The summed E-state index contributed by atoms with van der Waals surface area (Å²) in [5.41, 5.74) is 0. The number of hydrogen-bond donors (Lipinski definition) is 0. The Kier molecular flexibility index (Phi) is 2.87. The van der Waals surface area contributed by atoms with Crippen LogP contribution < -0.4 is 0 Å². The fourth-order valence-corrected chi connectivity index (χ4v) is 2.94. The summed E-state index contributed by atoms with van der Waals surface area (Å²) in [6.07, 6.45) is 5.37. The van der Waals surface area contributed by atoms with Gasteiger partial charge < -0.3 is 0 Å². The summed E-state index contributed by atoms with van der Waals surface area (Å²) in [7, 11) is 0. The Labute approximate surface area is 88.1 Å². The molecule has 2 unspecified atom stereocenters. The maximum absolute atomic E-state index is 11.3. The number of ketones is 1. The molecular formula is C11H13NOS. The van der Waals surface area contributed by atoms with Crippen molar-refractivity contribution >= 4 is 17.5 Å². The molecule has 0 amide bonds. The zero-order chi connectivity index (χ0) is 9.97. The highest BCUT2D eigenvalue weighted by Crippen LogP contribution is 2.36. The lowest BCUT2D eigenvalue weighted by molar-refractivity contribution is -0.120. The maximum Gasteiger partial charge on any atom is 0.136 e. The Hall–Kier alpha value is -0.830. The lowest BCUT2D eigenvalue weighted by atomic mass is 10.1. The lowest BCUT2D eigenvalue weighted by Gasteiger charge is -2.12. The molecule has 1 aromatic rings. The van der Waals surface area contributed by atoms with Crippen LogP contribution >= 0.6 is 11.8 Å². The van der Waals surface area contributed by atoms with E-state index in [9.17, 15) is 4.79 Å². The van der Waals surface area contributed by atoms with Gasteiger partial charge in [0, 0.05) is 34.9 Å². The van der Waals surface area contributed by atoms with Gasteiger partial charge in [0.25, 0.3) is 0 Å². The first-order valence-corrected chi connectivity index (χ1v) is 5.75. The number of rotatable bonds is 2. The minimum absolute atomic E-state index is 0.216. The van der Waals surface area contributed by atoms with Gasteiger partial charge in [0.15, 0.2) is 0 Å². The minimum Gasteiger partial charge on any atom is -0.299 e. The molecule has 1 aromatic heterocycles. The van der Waals surface area contributed by atoms with E-state index < -0.39 is 0 Å². The van der Waals surface area contributed by atoms with Crippen molar-refractivity contribution in [3.8, 4) is 0 Å². The molecule has 1 saturated carbocycles. The summed E-state index contributed by atoms with van der Waals surface area (Å²) in [5, 5.41) is 0.463. The quantitative estimate of drug-likeness (QED) is 0.746. The number of nitrogens with zero attached hydrogens (tertiary/aromatic N) is 1. The molecule has 0 radical (unpaired) electrons. The van der Waals surface area contributed by atoms with Gasteiger partial charge in [-0.3, -0.25) is 9.78 Å². The van der Waals surface area contributed by atoms with Crippen LogP contribution in [-0.4, -0.2) is 16.0 Å². The van der Waals surface area contributed by atoms with E-state index in [1.165, 1.54) is 4.90 Å². The number of carbonyl (C=O) groups excluding carboxylic acids is 1. The van der Waals surface area contributed by atoms with Gasteiger partial charge in [-0.05, 0) is 18.6 Å². The molecule has 0 saturated heterocycles. The fourth-order valence-electron chi connectivity index (χ4n) is 1.72. The molecule has 2 atom stereocenters. The fraction of sp³-hybridized carbons (Fsp3) is 0.455. The highest BCUT2D eigenvalue weighted by molar-refractivity contribution is 8.00. The van der Waals surface area contributed by atoms with E-state index in [0.29, 0.717) is 11.0 Å². The zero-order valence-electron chi connectivity index (χ0n) is 8.14. The van der Waals surface area contributed by atoms with Crippen LogP contribution in [0.3, 0.4) is 0 Å². The first kappa shape index (κ1) is 9.71. The van der Waals surface area contributed by atoms with Crippen molar-refractivity contribution in [1.29, 1.82) is 0 Å². The van der Waals surface area contributed by atoms with E-state index >= 15 is 0 Å². The number of thioether (sulfide) groups is 1. The Morgan fingerprint density at radius 1 is 1.43 bits per heavy atom. The van der Waals surface area contributed by atoms with Gasteiger partial charge in [0.05, 0.1) is 0 Å². The normalized spacial score (nSPS) is 26.8. The Morgan fingerprint density at radius 2 is 2.14 bits per heavy atom. The summed E-state index contributed by atoms with van der Waals surface area (Å²) >= 11 is 1.80. The molecule has 0 aromatic carbocycles. The number of aromatic nitrogens is 1. The van der Waals surface area contributed by atoms with Gasteiger partial charge in [0.1, 0.15) is 5.78 Å². The summed E-state index contributed by atoms with van der Waals surface area (Å²) < 4.78 is 0. The molecular weight excluding hydrogens is 194 g/mol. The SMILES string of the molecule is CC1C(=O)CCC1Sc1ccncc1. The largest absolute Gasteiger partial charge is 0.299 e. The predicted octanol–water partition coefficient (Wildman–Crippen LogP) is 2.54. The van der Waals surface area contributed by atoms with Crippen molar-refractivity contribution in [2.75, 3.05) is 0 Å². The van der Waals surface area contributed by atoms with Crippen molar-refractivity contribution in [3.63, 3.8) is 0 Å². The highest BCUT2D eigenvalue weighted by Gasteiger charge is 2.31. The number of carbonyl (C=O) groups is 1. The Balaban J connectivity index is 2.02. The molecule has 2 nitrogen and oxygen atoms in total. The monoisotopic (exact) mass is 207 g/mol. The van der Waals surface area contributed by atoms with E-state index in [-0.39, 0.29) is 5.92 Å². The molecule has 1 aliphatic carbocycles. The van der Waals surface area contributed by atoms with Crippen molar-refractivity contribution in [3.05, 3.63) is 24.5 Å². The van der Waals surface area contributed by atoms with Gasteiger partial charge in [-0.1, -0.05) is 6.92 Å². The van der Waals surface area contributed by atoms with Crippen molar-refractivity contribution in [2.24, 2.45) is 5.92 Å². The zero-order valence-corrected chi connectivity index (χ0v) is 8.96. The first-order chi connectivity index (χ1) is 6.77.